The second-order valence-corrected chi connectivity index (χ2v) is 4.86. The van der Waals surface area contributed by atoms with Crippen LogP contribution in [0.25, 0.3) is 0 Å². The summed E-state index contributed by atoms with van der Waals surface area (Å²) in [5, 5.41) is 17.3. The van der Waals surface area contributed by atoms with Gasteiger partial charge in [-0.2, -0.15) is 9.57 Å². The molecule has 0 radical (unpaired) electrons. The summed E-state index contributed by atoms with van der Waals surface area (Å²) in [6.45, 7) is 0.405. The van der Waals surface area contributed by atoms with Gasteiger partial charge in [-0.3, -0.25) is 0 Å². The van der Waals surface area contributed by atoms with E-state index in [0.29, 0.717) is 6.61 Å². The standard InChI is InChI=1S/C7H12N2O4S/c8-1-4-14(11,12)9-2-3-13-6-7(9)5-10/h7,10H,2-6H2. The molecule has 7 heteroatoms. The predicted octanol–water partition coefficient (Wildman–Crippen LogP) is -1.47. The van der Waals surface area contributed by atoms with E-state index < -0.39 is 21.8 Å². The SMILES string of the molecule is N#CCS(=O)(=O)N1CCOCC1CO. The lowest BCUT2D eigenvalue weighted by atomic mass is 10.3. The maximum atomic E-state index is 11.5. The fourth-order valence-electron chi connectivity index (χ4n) is 1.31. The molecule has 0 spiro atoms. The Bertz CT molecular complexity index is 321. The molecular weight excluding hydrogens is 208 g/mol. The highest BCUT2D eigenvalue weighted by Gasteiger charge is 2.31. The zero-order chi connectivity index (χ0) is 10.6. The number of morpholine rings is 1. The van der Waals surface area contributed by atoms with Crippen LogP contribution in [0, 0.1) is 11.3 Å². The van der Waals surface area contributed by atoms with Gasteiger partial charge in [0.15, 0.2) is 5.75 Å². The highest BCUT2D eigenvalue weighted by atomic mass is 32.2. The largest absolute Gasteiger partial charge is 0.395 e. The number of nitrogens with zero attached hydrogens (tertiary/aromatic N) is 2. The maximum absolute atomic E-state index is 11.5. The first-order valence-corrected chi connectivity index (χ1v) is 5.78. The van der Waals surface area contributed by atoms with Gasteiger partial charge in [-0.15, -0.1) is 0 Å². The summed E-state index contributed by atoms with van der Waals surface area (Å²) < 4.78 is 29.1. The molecule has 0 aliphatic carbocycles. The van der Waals surface area contributed by atoms with Crippen molar-refractivity contribution in [2.75, 3.05) is 32.1 Å². The zero-order valence-electron chi connectivity index (χ0n) is 7.59. The molecule has 0 bridgehead atoms. The van der Waals surface area contributed by atoms with Crippen molar-refractivity contribution in [2.24, 2.45) is 0 Å². The molecule has 1 unspecified atom stereocenters. The first-order chi connectivity index (χ1) is 6.61. The van der Waals surface area contributed by atoms with Crippen LogP contribution in [0.5, 0.6) is 0 Å². The molecule has 80 valence electrons. The molecule has 1 fully saturated rings. The van der Waals surface area contributed by atoms with E-state index in [2.05, 4.69) is 0 Å². The normalized spacial score (nSPS) is 24.4. The van der Waals surface area contributed by atoms with Crippen molar-refractivity contribution in [1.82, 2.24) is 4.31 Å². The van der Waals surface area contributed by atoms with Crippen LogP contribution < -0.4 is 0 Å². The summed E-state index contributed by atoms with van der Waals surface area (Å²) in [7, 11) is -3.56. The molecule has 0 aromatic rings. The minimum atomic E-state index is -3.56. The van der Waals surface area contributed by atoms with Gasteiger partial charge in [0.25, 0.3) is 0 Å². The number of aliphatic hydroxyl groups is 1. The molecule has 1 aliphatic rings. The Kier molecular flexibility index (Phi) is 3.83. The van der Waals surface area contributed by atoms with Gasteiger partial charge < -0.3 is 9.84 Å². The topological polar surface area (TPSA) is 90.6 Å². The second kappa shape index (κ2) is 4.70. The van der Waals surface area contributed by atoms with E-state index in [-0.39, 0.29) is 19.8 Å². The lowest BCUT2D eigenvalue weighted by molar-refractivity contribution is 0.0110. The van der Waals surface area contributed by atoms with Crippen LogP contribution in [0.4, 0.5) is 0 Å². The molecule has 14 heavy (non-hydrogen) atoms. The average molecular weight is 220 g/mol. The third kappa shape index (κ3) is 2.42. The van der Waals surface area contributed by atoms with Gasteiger partial charge >= 0.3 is 0 Å². The predicted molar refractivity (Wildman–Crippen MR) is 47.8 cm³/mol. The summed E-state index contributed by atoms with van der Waals surface area (Å²) in [6, 6.07) is 1.04. The van der Waals surface area contributed by atoms with Crippen molar-refractivity contribution in [1.29, 1.82) is 5.26 Å². The Morgan fingerprint density at radius 2 is 2.36 bits per heavy atom. The van der Waals surface area contributed by atoms with E-state index in [0.717, 1.165) is 4.31 Å². The summed E-state index contributed by atoms with van der Waals surface area (Å²) in [6.07, 6.45) is 0. The van der Waals surface area contributed by atoms with Gasteiger partial charge in [0.05, 0.1) is 31.9 Å². The quantitative estimate of drug-likeness (QED) is 0.627. The Morgan fingerprint density at radius 3 is 2.93 bits per heavy atom. The Morgan fingerprint density at radius 1 is 1.64 bits per heavy atom. The van der Waals surface area contributed by atoms with E-state index in [4.69, 9.17) is 15.1 Å². The van der Waals surface area contributed by atoms with Gasteiger partial charge in [-0.05, 0) is 0 Å². The number of sulfonamides is 1. The van der Waals surface area contributed by atoms with E-state index >= 15 is 0 Å². The minimum Gasteiger partial charge on any atom is -0.395 e. The molecular formula is C7H12N2O4S. The van der Waals surface area contributed by atoms with Crippen molar-refractivity contribution in [3.63, 3.8) is 0 Å². The van der Waals surface area contributed by atoms with E-state index in [1.165, 1.54) is 0 Å². The van der Waals surface area contributed by atoms with Crippen LogP contribution in [-0.4, -0.2) is 56.0 Å². The van der Waals surface area contributed by atoms with E-state index in [1.807, 2.05) is 0 Å². The lowest BCUT2D eigenvalue weighted by Crippen LogP contribution is -2.50. The minimum absolute atomic E-state index is 0.182. The number of hydrogen-bond donors (Lipinski definition) is 1. The number of nitriles is 1. The van der Waals surface area contributed by atoms with Crippen LogP contribution in [0.1, 0.15) is 0 Å². The summed E-state index contributed by atoms with van der Waals surface area (Å²) >= 11 is 0. The maximum Gasteiger partial charge on any atom is 0.228 e. The van der Waals surface area contributed by atoms with Crippen molar-refractivity contribution >= 4 is 10.0 Å². The third-order valence-corrected chi connectivity index (χ3v) is 3.68. The first-order valence-electron chi connectivity index (χ1n) is 4.17. The molecule has 1 atom stereocenters. The van der Waals surface area contributed by atoms with Gasteiger partial charge in [0.1, 0.15) is 0 Å². The van der Waals surface area contributed by atoms with Gasteiger partial charge in [-0.1, -0.05) is 0 Å². The molecule has 0 saturated carbocycles. The van der Waals surface area contributed by atoms with Gasteiger partial charge in [0.2, 0.25) is 10.0 Å². The molecule has 0 aromatic heterocycles. The van der Waals surface area contributed by atoms with Crippen LogP contribution >= 0.6 is 0 Å². The molecule has 0 amide bonds. The summed E-state index contributed by atoms with van der Waals surface area (Å²) in [5.74, 6) is -0.552. The second-order valence-electron chi connectivity index (χ2n) is 2.94. The Balaban J connectivity index is 2.78. The van der Waals surface area contributed by atoms with Gasteiger partial charge in [-0.25, -0.2) is 8.42 Å². The fourth-order valence-corrected chi connectivity index (χ4v) is 2.58. The monoisotopic (exact) mass is 220 g/mol. The highest BCUT2D eigenvalue weighted by Crippen LogP contribution is 2.12. The molecule has 6 nitrogen and oxygen atoms in total. The average Bonchev–Trinajstić information content (AvgIpc) is 2.18. The molecule has 1 saturated heterocycles. The fraction of sp³-hybridized carbons (Fsp3) is 0.857. The number of rotatable bonds is 3. The molecule has 1 N–H and O–H groups in total. The highest BCUT2D eigenvalue weighted by molar-refractivity contribution is 7.89. The Hall–Kier alpha value is -0.680. The van der Waals surface area contributed by atoms with Crippen LogP contribution in [0.2, 0.25) is 0 Å². The zero-order valence-corrected chi connectivity index (χ0v) is 8.40. The number of ether oxygens (including phenoxy) is 1. The summed E-state index contributed by atoms with van der Waals surface area (Å²) in [4.78, 5) is 0. The number of hydrogen-bond acceptors (Lipinski definition) is 5. The first kappa shape index (κ1) is 11.4. The number of aliphatic hydroxyl groups excluding tert-OH is 1. The lowest BCUT2D eigenvalue weighted by Gasteiger charge is -2.32. The van der Waals surface area contributed by atoms with Crippen molar-refractivity contribution < 1.29 is 18.3 Å². The Labute approximate surface area is 82.7 Å². The third-order valence-electron chi connectivity index (χ3n) is 1.99. The van der Waals surface area contributed by atoms with Crippen molar-refractivity contribution in [3.8, 4) is 6.07 Å². The molecule has 1 aliphatic heterocycles. The van der Waals surface area contributed by atoms with E-state index in [9.17, 15) is 8.42 Å². The van der Waals surface area contributed by atoms with Crippen LogP contribution in [-0.2, 0) is 14.8 Å². The summed E-state index contributed by atoms with van der Waals surface area (Å²) in [5.41, 5.74) is 0. The molecule has 0 aromatic carbocycles. The van der Waals surface area contributed by atoms with Crippen molar-refractivity contribution in [2.45, 2.75) is 6.04 Å². The van der Waals surface area contributed by atoms with Gasteiger partial charge in [0, 0.05) is 6.54 Å². The molecule has 1 heterocycles. The van der Waals surface area contributed by atoms with Crippen LogP contribution in [0.3, 0.4) is 0 Å². The smallest absolute Gasteiger partial charge is 0.228 e. The van der Waals surface area contributed by atoms with E-state index in [1.54, 1.807) is 6.07 Å². The molecule has 1 rings (SSSR count). The van der Waals surface area contributed by atoms with Crippen LogP contribution in [0.15, 0.2) is 0 Å². The van der Waals surface area contributed by atoms with Crippen molar-refractivity contribution in [3.05, 3.63) is 0 Å².